The number of para-hydroxylation sites is 1. The minimum atomic E-state index is -0.835. The van der Waals surface area contributed by atoms with E-state index in [-0.39, 0.29) is 5.41 Å². The zero-order valence-electron chi connectivity index (χ0n) is 19.0. The number of ether oxygens (including phenoxy) is 1. The van der Waals surface area contributed by atoms with Gasteiger partial charge in [0.15, 0.2) is 11.6 Å². The number of aromatic nitrogens is 2. The Morgan fingerprint density at radius 3 is 2.48 bits per heavy atom. The van der Waals surface area contributed by atoms with Crippen LogP contribution in [0.4, 0.5) is 19.4 Å². The molecule has 33 heavy (non-hydrogen) atoms. The number of benzene rings is 2. The average molecular weight is 459 g/mol. The number of urea groups is 1. The number of anilines is 1. The summed E-state index contributed by atoms with van der Waals surface area (Å²) in [5.74, 6) is -0.690. The summed E-state index contributed by atoms with van der Waals surface area (Å²) in [7, 11) is 1.53. The third kappa shape index (κ3) is 5.31. The number of methoxy groups -OCH3 is 1. The predicted molar refractivity (Wildman–Crippen MR) is 122 cm³/mol. The molecule has 2 aromatic carbocycles. The van der Waals surface area contributed by atoms with Crippen molar-refractivity contribution in [1.29, 1.82) is 0 Å². The maximum atomic E-state index is 13.1. The SMILES string of the molecule is CC1(C)CC(O)Cc2cc(F)c(F)cc21.COc1nn(-c2ccccc2)c(NC(N)=O)c1C. The molecule has 0 saturated heterocycles. The molecule has 4 rings (SSSR count). The first kappa shape index (κ1) is 24.2. The van der Waals surface area contributed by atoms with E-state index in [9.17, 15) is 18.7 Å². The van der Waals surface area contributed by atoms with E-state index in [2.05, 4.69) is 10.4 Å². The van der Waals surface area contributed by atoms with Crippen molar-refractivity contribution in [3.63, 3.8) is 0 Å². The summed E-state index contributed by atoms with van der Waals surface area (Å²) in [6.07, 6.45) is 0.540. The molecule has 7 nitrogen and oxygen atoms in total. The Morgan fingerprint density at radius 2 is 1.88 bits per heavy atom. The van der Waals surface area contributed by atoms with E-state index in [1.807, 2.05) is 44.2 Å². The van der Waals surface area contributed by atoms with Crippen LogP contribution in [0.1, 0.15) is 37.0 Å². The van der Waals surface area contributed by atoms with Gasteiger partial charge >= 0.3 is 6.03 Å². The van der Waals surface area contributed by atoms with Crippen LogP contribution >= 0.6 is 0 Å². The summed E-state index contributed by atoms with van der Waals surface area (Å²) in [5, 5.41) is 16.5. The number of carbonyl (C=O) groups is 1. The van der Waals surface area contributed by atoms with Crippen molar-refractivity contribution in [1.82, 2.24) is 9.78 Å². The number of hydrogen-bond acceptors (Lipinski definition) is 4. The van der Waals surface area contributed by atoms with Crippen molar-refractivity contribution in [3.05, 3.63) is 70.8 Å². The van der Waals surface area contributed by atoms with Gasteiger partial charge in [0.25, 0.3) is 0 Å². The summed E-state index contributed by atoms with van der Waals surface area (Å²) in [6.45, 7) is 5.67. The molecule has 1 heterocycles. The number of primary amides is 1. The molecule has 9 heteroatoms. The fourth-order valence-electron chi connectivity index (χ4n) is 4.10. The fourth-order valence-corrected chi connectivity index (χ4v) is 4.10. The van der Waals surface area contributed by atoms with Crippen molar-refractivity contribution >= 4 is 11.8 Å². The minimum Gasteiger partial charge on any atom is -0.480 e. The van der Waals surface area contributed by atoms with Gasteiger partial charge in [0, 0.05) is 0 Å². The number of rotatable bonds is 3. The first-order valence-corrected chi connectivity index (χ1v) is 10.5. The highest BCUT2D eigenvalue weighted by Gasteiger charge is 2.33. The van der Waals surface area contributed by atoms with Crippen molar-refractivity contribution in [3.8, 4) is 11.6 Å². The van der Waals surface area contributed by atoms with E-state index < -0.39 is 23.8 Å². The molecule has 3 aromatic rings. The third-order valence-corrected chi connectivity index (χ3v) is 5.59. The second kappa shape index (κ2) is 9.58. The normalized spacial score (nSPS) is 16.3. The van der Waals surface area contributed by atoms with Crippen LogP contribution in [-0.2, 0) is 11.8 Å². The maximum Gasteiger partial charge on any atom is 0.317 e. The van der Waals surface area contributed by atoms with E-state index in [0.717, 1.165) is 22.4 Å². The number of hydrogen-bond donors (Lipinski definition) is 3. The third-order valence-electron chi connectivity index (χ3n) is 5.59. The Balaban J connectivity index is 0.000000189. The molecule has 0 spiro atoms. The van der Waals surface area contributed by atoms with Gasteiger partial charge in [-0.15, -0.1) is 5.10 Å². The van der Waals surface area contributed by atoms with Crippen LogP contribution in [0.5, 0.6) is 5.88 Å². The number of nitrogens with one attached hydrogen (secondary N) is 1. The molecule has 0 fully saturated rings. The summed E-state index contributed by atoms with van der Waals surface area (Å²) in [6, 6.07) is 11.2. The van der Waals surface area contributed by atoms with E-state index in [1.165, 1.54) is 19.2 Å². The number of aliphatic hydroxyl groups is 1. The lowest BCUT2D eigenvalue weighted by Gasteiger charge is -2.35. The smallest absolute Gasteiger partial charge is 0.317 e. The monoisotopic (exact) mass is 458 g/mol. The number of fused-ring (bicyclic) bond motifs is 1. The van der Waals surface area contributed by atoms with Crippen LogP contribution in [0.15, 0.2) is 42.5 Å². The molecule has 1 atom stereocenters. The lowest BCUT2D eigenvalue weighted by Crippen LogP contribution is -2.33. The van der Waals surface area contributed by atoms with Crippen LogP contribution in [0.25, 0.3) is 5.69 Å². The molecular weight excluding hydrogens is 430 g/mol. The van der Waals surface area contributed by atoms with Crippen molar-refractivity contribution < 1.29 is 23.4 Å². The molecule has 1 aliphatic rings. The Hall–Kier alpha value is -3.46. The van der Waals surface area contributed by atoms with Gasteiger partial charge in [-0.05, 0) is 60.6 Å². The lowest BCUT2D eigenvalue weighted by atomic mass is 9.71. The molecule has 1 aromatic heterocycles. The fraction of sp³-hybridized carbons (Fsp3) is 0.333. The van der Waals surface area contributed by atoms with E-state index in [4.69, 9.17) is 10.5 Å². The summed E-state index contributed by atoms with van der Waals surface area (Å²) < 4.78 is 32.9. The van der Waals surface area contributed by atoms with Gasteiger partial charge in [-0.3, -0.25) is 5.32 Å². The molecule has 0 saturated carbocycles. The second-order valence-corrected chi connectivity index (χ2v) is 8.59. The topological polar surface area (TPSA) is 102 Å². The van der Waals surface area contributed by atoms with Crippen molar-refractivity contribution in [2.45, 2.75) is 45.1 Å². The van der Waals surface area contributed by atoms with Crippen LogP contribution in [0, 0.1) is 18.6 Å². The molecule has 176 valence electrons. The highest BCUT2D eigenvalue weighted by Crippen LogP contribution is 2.37. The molecule has 1 unspecified atom stereocenters. The van der Waals surface area contributed by atoms with Gasteiger partial charge < -0.3 is 15.6 Å². The summed E-state index contributed by atoms with van der Waals surface area (Å²) in [4.78, 5) is 11.0. The van der Waals surface area contributed by atoms with E-state index in [0.29, 0.717) is 24.5 Å². The van der Waals surface area contributed by atoms with Crippen LogP contribution in [-0.4, -0.2) is 34.1 Å². The Labute approximate surface area is 191 Å². The highest BCUT2D eigenvalue weighted by atomic mass is 19.2. The van der Waals surface area contributed by atoms with Gasteiger partial charge in [-0.25, -0.2) is 18.3 Å². The van der Waals surface area contributed by atoms with Crippen molar-refractivity contribution in [2.24, 2.45) is 5.73 Å². The number of nitrogens with zero attached hydrogens (tertiary/aromatic N) is 2. The number of amides is 2. The lowest BCUT2D eigenvalue weighted by molar-refractivity contribution is 0.127. The zero-order valence-corrected chi connectivity index (χ0v) is 19.0. The molecule has 2 amide bonds. The standard InChI is InChI=1S/C12H14F2O.C12H14N4O2/c1-12(2)6-8(15)3-7-4-10(13)11(14)5-9(7)12;1-8-10(14-12(13)17)16(15-11(8)18-2)9-6-4-3-5-7-9/h4-5,8,15H,3,6H2,1-2H3;3-7H,1-2H3,(H3,13,14,17). The largest absolute Gasteiger partial charge is 0.480 e. The molecule has 4 N–H and O–H groups in total. The van der Waals surface area contributed by atoms with Gasteiger partial charge in [0.2, 0.25) is 5.88 Å². The van der Waals surface area contributed by atoms with Gasteiger partial charge in [-0.2, -0.15) is 0 Å². The Bertz CT molecular complexity index is 1150. The minimum absolute atomic E-state index is 0.290. The van der Waals surface area contributed by atoms with E-state index >= 15 is 0 Å². The number of halogens is 2. The predicted octanol–water partition coefficient (Wildman–Crippen LogP) is 4.23. The molecule has 0 bridgehead atoms. The second-order valence-electron chi connectivity index (χ2n) is 8.59. The molecular formula is C24H28F2N4O3. The van der Waals surface area contributed by atoms with E-state index in [1.54, 1.807) is 11.6 Å². The molecule has 1 aliphatic carbocycles. The molecule has 0 aliphatic heterocycles. The number of aliphatic hydroxyl groups excluding tert-OH is 1. The Morgan fingerprint density at radius 1 is 1.24 bits per heavy atom. The van der Waals surface area contributed by atoms with Crippen LogP contribution < -0.4 is 15.8 Å². The number of carbonyl (C=O) groups excluding carboxylic acids is 1. The van der Waals surface area contributed by atoms with Gasteiger partial charge in [0.05, 0.1) is 24.5 Å². The van der Waals surface area contributed by atoms with Crippen LogP contribution in [0.3, 0.4) is 0 Å². The maximum absolute atomic E-state index is 13.1. The van der Waals surface area contributed by atoms with Gasteiger partial charge in [0.1, 0.15) is 5.82 Å². The van der Waals surface area contributed by atoms with Crippen molar-refractivity contribution in [2.75, 3.05) is 12.4 Å². The summed E-state index contributed by atoms with van der Waals surface area (Å²) >= 11 is 0. The summed E-state index contributed by atoms with van der Waals surface area (Å²) in [5.41, 5.74) is 7.94. The number of nitrogens with two attached hydrogens (primary N) is 1. The quantitative estimate of drug-likeness (QED) is 0.547. The first-order chi connectivity index (χ1) is 15.5. The first-order valence-electron chi connectivity index (χ1n) is 10.5. The zero-order chi connectivity index (χ0) is 24.3. The highest BCUT2D eigenvalue weighted by molar-refractivity contribution is 5.88. The van der Waals surface area contributed by atoms with Gasteiger partial charge in [-0.1, -0.05) is 32.0 Å². The average Bonchev–Trinajstić information content (AvgIpc) is 3.05. The molecule has 0 radical (unpaired) electrons. The Kier molecular flexibility index (Phi) is 7.02. The van der Waals surface area contributed by atoms with Crippen LogP contribution in [0.2, 0.25) is 0 Å².